The first kappa shape index (κ1) is 6.88. The normalized spacial score (nSPS) is 36.7. The molecule has 0 unspecified atom stereocenters. The predicted molar refractivity (Wildman–Crippen MR) is 39.8 cm³/mol. The minimum Gasteiger partial charge on any atom is -0.466 e. The summed E-state index contributed by atoms with van der Waals surface area (Å²) in [5.74, 6) is 0.638. The molecule has 0 saturated heterocycles. The van der Waals surface area contributed by atoms with Gasteiger partial charge in [0.05, 0.1) is 6.26 Å². The van der Waals surface area contributed by atoms with Gasteiger partial charge in [0.15, 0.2) is 0 Å². The number of rotatable bonds is 1. The lowest BCUT2D eigenvalue weighted by molar-refractivity contribution is -0.0690. The van der Waals surface area contributed by atoms with Crippen molar-refractivity contribution in [3.8, 4) is 0 Å². The van der Waals surface area contributed by atoms with E-state index < -0.39 is 5.60 Å². The van der Waals surface area contributed by atoms with E-state index in [4.69, 9.17) is 10.2 Å². The first-order valence-corrected chi connectivity index (χ1v) is 3.73. The van der Waals surface area contributed by atoms with Crippen molar-refractivity contribution in [1.29, 1.82) is 0 Å². The molecule has 0 radical (unpaired) electrons. The Labute approximate surface area is 64.8 Å². The standard InChI is InChI=1S/C8H11NO2/c9-6-4-8(10,5-6)7-2-1-3-11-7/h1-3,6,10H,4-5,9H2. The molecule has 0 amide bonds. The van der Waals surface area contributed by atoms with Crippen LogP contribution in [0, 0.1) is 0 Å². The number of furan rings is 1. The summed E-state index contributed by atoms with van der Waals surface area (Å²) in [7, 11) is 0. The minimum atomic E-state index is -0.775. The van der Waals surface area contributed by atoms with Crippen LogP contribution >= 0.6 is 0 Å². The van der Waals surface area contributed by atoms with Gasteiger partial charge in [-0.2, -0.15) is 0 Å². The molecule has 0 atom stereocenters. The predicted octanol–water partition coefficient (Wildman–Crippen LogP) is 0.588. The monoisotopic (exact) mass is 153 g/mol. The van der Waals surface area contributed by atoms with Gasteiger partial charge in [0.1, 0.15) is 11.4 Å². The van der Waals surface area contributed by atoms with Gasteiger partial charge in [-0.3, -0.25) is 0 Å². The maximum absolute atomic E-state index is 9.77. The van der Waals surface area contributed by atoms with Crippen molar-refractivity contribution in [3.63, 3.8) is 0 Å². The summed E-state index contributed by atoms with van der Waals surface area (Å²) < 4.78 is 5.08. The Morgan fingerprint density at radius 1 is 1.64 bits per heavy atom. The van der Waals surface area contributed by atoms with Crippen LogP contribution in [0.4, 0.5) is 0 Å². The highest BCUT2D eigenvalue weighted by Crippen LogP contribution is 2.40. The summed E-state index contributed by atoms with van der Waals surface area (Å²) >= 11 is 0. The third-order valence-corrected chi connectivity index (χ3v) is 2.18. The lowest BCUT2D eigenvalue weighted by Gasteiger charge is -2.39. The van der Waals surface area contributed by atoms with E-state index >= 15 is 0 Å². The molecular weight excluding hydrogens is 142 g/mol. The SMILES string of the molecule is NC1CC(O)(c2ccco2)C1. The molecule has 0 aromatic carbocycles. The van der Waals surface area contributed by atoms with Crippen LogP contribution in [-0.2, 0) is 5.60 Å². The second-order valence-corrected chi connectivity index (χ2v) is 3.18. The van der Waals surface area contributed by atoms with Gasteiger partial charge in [-0.25, -0.2) is 0 Å². The summed E-state index contributed by atoms with van der Waals surface area (Å²) in [6.45, 7) is 0. The van der Waals surface area contributed by atoms with Crippen molar-refractivity contribution < 1.29 is 9.52 Å². The van der Waals surface area contributed by atoms with Gasteiger partial charge in [-0.05, 0) is 25.0 Å². The average molecular weight is 153 g/mol. The zero-order valence-corrected chi connectivity index (χ0v) is 6.16. The molecule has 1 aliphatic rings. The zero-order chi connectivity index (χ0) is 7.90. The summed E-state index contributed by atoms with van der Waals surface area (Å²) in [6.07, 6.45) is 2.79. The molecule has 0 spiro atoms. The number of aliphatic hydroxyl groups is 1. The van der Waals surface area contributed by atoms with Crippen molar-refractivity contribution in [2.24, 2.45) is 5.73 Å². The smallest absolute Gasteiger partial charge is 0.135 e. The Bertz CT molecular complexity index is 237. The van der Waals surface area contributed by atoms with E-state index in [1.54, 1.807) is 18.4 Å². The first-order valence-electron chi connectivity index (χ1n) is 3.73. The Balaban J connectivity index is 2.18. The fourth-order valence-corrected chi connectivity index (χ4v) is 1.55. The van der Waals surface area contributed by atoms with E-state index in [9.17, 15) is 5.11 Å². The van der Waals surface area contributed by atoms with Crippen LogP contribution in [0.1, 0.15) is 18.6 Å². The molecule has 3 nitrogen and oxygen atoms in total. The third-order valence-electron chi connectivity index (χ3n) is 2.18. The first-order chi connectivity index (χ1) is 5.21. The van der Waals surface area contributed by atoms with Gasteiger partial charge in [-0.15, -0.1) is 0 Å². The van der Waals surface area contributed by atoms with Gasteiger partial charge in [-0.1, -0.05) is 0 Å². The van der Waals surface area contributed by atoms with Crippen LogP contribution in [-0.4, -0.2) is 11.1 Å². The summed E-state index contributed by atoms with van der Waals surface area (Å²) in [5, 5.41) is 9.77. The van der Waals surface area contributed by atoms with Crippen LogP contribution in [0.5, 0.6) is 0 Å². The Morgan fingerprint density at radius 3 is 2.82 bits per heavy atom. The molecule has 3 N–H and O–H groups in total. The Morgan fingerprint density at radius 2 is 2.36 bits per heavy atom. The average Bonchev–Trinajstić information content (AvgIpc) is 2.34. The highest BCUT2D eigenvalue weighted by molar-refractivity contribution is 5.15. The summed E-state index contributed by atoms with van der Waals surface area (Å²) in [4.78, 5) is 0. The van der Waals surface area contributed by atoms with E-state index in [0.29, 0.717) is 18.6 Å². The number of hydrogen-bond donors (Lipinski definition) is 2. The van der Waals surface area contributed by atoms with E-state index in [0.717, 1.165) is 0 Å². The molecule has 1 aromatic rings. The van der Waals surface area contributed by atoms with Gasteiger partial charge in [0.25, 0.3) is 0 Å². The highest BCUT2D eigenvalue weighted by atomic mass is 16.4. The number of nitrogens with two attached hydrogens (primary N) is 1. The largest absolute Gasteiger partial charge is 0.466 e. The molecule has 0 aliphatic heterocycles. The molecule has 0 bridgehead atoms. The molecule has 2 rings (SSSR count). The summed E-state index contributed by atoms with van der Waals surface area (Å²) in [6, 6.07) is 3.69. The molecule has 3 heteroatoms. The van der Waals surface area contributed by atoms with Crippen molar-refractivity contribution in [3.05, 3.63) is 24.2 Å². The van der Waals surface area contributed by atoms with E-state index in [-0.39, 0.29) is 6.04 Å². The van der Waals surface area contributed by atoms with Gasteiger partial charge in [0.2, 0.25) is 0 Å². The highest BCUT2D eigenvalue weighted by Gasteiger charge is 2.44. The van der Waals surface area contributed by atoms with Crippen LogP contribution in [0.15, 0.2) is 22.8 Å². The van der Waals surface area contributed by atoms with E-state index in [2.05, 4.69) is 0 Å². The molecule has 1 fully saturated rings. The van der Waals surface area contributed by atoms with Crippen molar-refractivity contribution >= 4 is 0 Å². The molecule has 60 valence electrons. The molecule has 11 heavy (non-hydrogen) atoms. The van der Waals surface area contributed by atoms with Crippen molar-refractivity contribution in [2.75, 3.05) is 0 Å². The maximum atomic E-state index is 9.77. The second kappa shape index (κ2) is 2.09. The molecular formula is C8H11NO2. The van der Waals surface area contributed by atoms with Crippen LogP contribution in [0.2, 0.25) is 0 Å². The van der Waals surface area contributed by atoms with Crippen molar-refractivity contribution in [1.82, 2.24) is 0 Å². The summed E-state index contributed by atoms with van der Waals surface area (Å²) in [5.41, 5.74) is 4.78. The fraction of sp³-hybridized carbons (Fsp3) is 0.500. The van der Waals surface area contributed by atoms with Gasteiger partial charge < -0.3 is 15.3 Å². The minimum absolute atomic E-state index is 0.130. The lowest BCUT2D eigenvalue weighted by atomic mass is 9.75. The lowest BCUT2D eigenvalue weighted by Crippen LogP contribution is -2.48. The van der Waals surface area contributed by atoms with Crippen LogP contribution in [0.25, 0.3) is 0 Å². The third kappa shape index (κ3) is 0.968. The van der Waals surface area contributed by atoms with Crippen molar-refractivity contribution in [2.45, 2.75) is 24.5 Å². The topological polar surface area (TPSA) is 59.4 Å². The molecule has 1 heterocycles. The van der Waals surface area contributed by atoms with E-state index in [1.807, 2.05) is 0 Å². The molecule has 1 aromatic heterocycles. The van der Waals surface area contributed by atoms with Gasteiger partial charge >= 0.3 is 0 Å². The number of hydrogen-bond acceptors (Lipinski definition) is 3. The Hall–Kier alpha value is -0.800. The van der Waals surface area contributed by atoms with Crippen LogP contribution in [0.3, 0.4) is 0 Å². The second-order valence-electron chi connectivity index (χ2n) is 3.18. The zero-order valence-electron chi connectivity index (χ0n) is 6.16. The van der Waals surface area contributed by atoms with E-state index in [1.165, 1.54) is 0 Å². The van der Waals surface area contributed by atoms with Gasteiger partial charge in [0, 0.05) is 6.04 Å². The molecule has 1 saturated carbocycles. The quantitative estimate of drug-likeness (QED) is 0.620. The van der Waals surface area contributed by atoms with Crippen LogP contribution < -0.4 is 5.73 Å². The Kier molecular flexibility index (Phi) is 1.31. The molecule has 1 aliphatic carbocycles. The maximum Gasteiger partial charge on any atom is 0.135 e. The fourth-order valence-electron chi connectivity index (χ4n) is 1.55.